The van der Waals surface area contributed by atoms with Crippen molar-refractivity contribution in [1.29, 1.82) is 0 Å². The molecule has 1 fully saturated rings. The third kappa shape index (κ3) is 4.26. The molecule has 23 heavy (non-hydrogen) atoms. The van der Waals surface area contributed by atoms with E-state index in [0.29, 0.717) is 10.0 Å². The average Bonchev–Trinajstić information content (AvgIpc) is 2.49. The van der Waals surface area contributed by atoms with Crippen LogP contribution in [0, 0.1) is 5.41 Å². The first-order valence-electron chi connectivity index (χ1n) is 7.59. The molecule has 0 saturated carbocycles. The molecule has 0 radical (unpaired) electrons. The maximum Gasteiger partial charge on any atom is 0.416 e. The molecule has 0 aromatic heterocycles. The molecule has 0 bridgehead atoms. The fraction of sp³-hybridized carbons (Fsp3) is 0.625. The number of aliphatic hydroxyl groups excluding tert-OH is 1. The minimum atomic E-state index is -4.38. The van der Waals surface area contributed by atoms with E-state index in [4.69, 9.17) is 0 Å². The number of hydrogen-bond acceptors (Lipinski definition) is 3. The van der Waals surface area contributed by atoms with Crippen molar-refractivity contribution in [3.8, 4) is 0 Å². The van der Waals surface area contributed by atoms with Gasteiger partial charge in [0.15, 0.2) is 0 Å². The minimum absolute atomic E-state index is 0.107. The Morgan fingerprint density at radius 3 is 2.39 bits per heavy atom. The summed E-state index contributed by atoms with van der Waals surface area (Å²) in [5.41, 5.74) is -0.658. The normalized spacial score (nSPS) is 18.9. The van der Waals surface area contributed by atoms with E-state index in [-0.39, 0.29) is 12.6 Å². The summed E-state index contributed by atoms with van der Waals surface area (Å²) in [5.74, 6) is 0. The lowest BCUT2D eigenvalue weighted by Gasteiger charge is -2.44. The zero-order chi connectivity index (χ0) is 17.3. The predicted octanol–water partition coefficient (Wildman–Crippen LogP) is 3.43. The summed E-state index contributed by atoms with van der Waals surface area (Å²) in [7, 11) is 0. The molecule has 0 aliphatic carbocycles. The smallest absolute Gasteiger partial charge is 0.396 e. The molecule has 1 aliphatic heterocycles. The van der Waals surface area contributed by atoms with Crippen molar-refractivity contribution >= 4 is 15.9 Å². The second kappa shape index (κ2) is 7.09. The first-order chi connectivity index (χ1) is 10.7. The second-order valence-corrected chi connectivity index (χ2v) is 7.42. The van der Waals surface area contributed by atoms with E-state index in [0.717, 1.165) is 32.2 Å². The monoisotopic (exact) mass is 394 g/mol. The largest absolute Gasteiger partial charge is 0.416 e. The van der Waals surface area contributed by atoms with Gasteiger partial charge in [-0.25, -0.2) is 0 Å². The Morgan fingerprint density at radius 2 is 1.87 bits per heavy atom. The van der Waals surface area contributed by atoms with Gasteiger partial charge < -0.3 is 10.4 Å². The van der Waals surface area contributed by atoms with Gasteiger partial charge in [0.05, 0.1) is 5.56 Å². The molecule has 1 aromatic rings. The zero-order valence-electron chi connectivity index (χ0n) is 13.3. The molecule has 1 atom stereocenters. The van der Waals surface area contributed by atoms with Gasteiger partial charge >= 0.3 is 6.18 Å². The molecule has 1 saturated heterocycles. The van der Waals surface area contributed by atoms with Crippen LogP contribution < -0.4 is 5.32 Å². The van der Waals surface area contributed by atoms with E-state index in [1.807, 2.05) is 13.8 Å². The van der Waals surface area contributed by atoms with Gasteiger partial charge in [0.1, 0.15) is 0 Å². The maximum atomic E-state index is 13.1. The van der Waals surface area contributed by atoms with E-state index in [1.165, 1.54) is 12.1 Å². The third-order valence-electron chi connectivity index (χ3n) is 4.28. The molecule has 7 heteroatoms. The molecule has 2 rings (SSSR count). The van der Waals surface area contributed by atoms with Gasteiger partial charge in [0, 0.05) is 48.7 Å². The number of benzene rings is 1. The molecule has 1 heterocycles. The van der Waals surface area contributed by atoms with Crippen LogP contribution in [0.15, 0.2) is 22.7 Å². The molecule has 2 N–H and O–H groups in total. The molecule has 0 spiro atoms. The van der Waals surface area contributed by atoms with Crippen LogP contribution in [-0.4, -0.2) is 42.8 Å². The van der Waals surface area contributed by atoms with Crippen molar-refractivity contribution in [3.05, 3.63) is 33.8 Å². The van der Waals surface area contributed by atoms with Crippen molar-refractivity contribution in [2.75, 3.05) is 32.8 Å². The summed E-state index contributed by atoms with van der Waals surface area (Å²) >= 11 is 3.39. The quantitative estimate of drug-likeness (QED) is 0.820. The number of hydrogen-bond donors (Lipinski definition) is 2. The van der Waals surface area contributed by atoms with E-state index in [1.54, 1.807) is 0 Å². The first kappa shape index (κ1) is 18.7. The van der Waals surface area contributed by atoms with E-state index >= 15 is 0 Å². The fourth-order valence-corrected chi connectivity index (χ4v) is 3.53. The van der Waals surface area contributed by atoms with Gasteiger partial charge in [0.25, 0.3) is 0 Å². The molecule has 1 aliphatic rings. The number of rotatable bonds is 4. The van der Waals surface area contributed by atoms with Crippen LogP contribution in [0.4, 0.5) is 13.2 Å². The number of nitrogens with zero attached hydrogens (tertiary/aromatic N) is 1. The third-order valence-corrected chi connectivity index (χ3v) is 5.00. The molecule has 0 unspecified atom stereocenters. The Hall–Kier alpha value is -0.630. The van der Waals surface area contributed by atoms with Gasteiger partial charge in [-0.15, -0.1) is 0 Å². The lowest BCUT2D eigenvalue weighted by Crippen LogP contribution is -2.49. The van der Waals surface area contributed by atoms with Crippen molar-refractivity contribution in [2.45, 2.75) is 26.1 Å². The van der Waals surface area contributed by atoms with Crippen LogP contribution in [0.5, 0.6) is 0 Å². The van der Waals surface area contributed by atoms with Crippen LogP contribution in [0.3, 0.4) is 0 Å². The topological polar surface area (TPSA) is 35.5 Å². The van der Waals surface area contributed by atoms with E-state index in [9.17, 15) is 18.3 Å². The zero-order valence-corrected chi connectivity index (χ0v) is 14.8. The number of alkyl halides is 3. The van der Waals surface area contributed by atoms with Crippen molar-refractivity contribution in [1.82, 2.24) is 10.2 Å². The van der Waals surface area contributed by atoms with Gasteiger partial charge in [-0.1, -0.05) is 29.8 Å². The van der Waals surface area contributed by atoms with Crippen LogP contribution in [0.2, 0.25) is 0 Å². The summed E-state index contributed by atoms with van der Waals surface area (Å²) in [6.07, 6.45) is -4.38. The lowest BCUT2D eigenvalue weighted by atomic mass is 9.79. The molecule has 1 aromatic carbocycles. The van der Waals surface area contributed by atoms with Gasteiger partial charge in [-0.2, -0.15) is 13.2 Å². The van der Waals surface area contributed by atoms with Crippen LogP contribution in [0.1, 0.15) is 31.0 Å². The SMILES string of the molecule is CC(C)(CO)[C@@H](c1cc(C(F)(F)F)ccc1Br)N1CCNCC1. The van der Waals surface area contributed by atoms with Crippen molar-refractivity contribution < 1.29 is 18.3 Å². The lowest BCUT2D eigenvalue weighted by molar-refractivity contribution is -0.137. The maximum absolute atomic E-state index is 13.1. The van der Waals surface area contributed by atoms with Gasteiger partial charge in [0.2, 0.25) is 0 Å². The van der Waals surface area contributed by atoms with Crippen molar-refractivity contribution in [2.24, 2.45) is 5.41 Å². The molecule has 130 valence electrons. The van der Waals surface area contributed by atoms with Crippen LogP contribution in [0.25, 0.3) is 0 Å². The Morgan fingerprint density at radius 1 is 1.26 bits per heavy atom. The fourth-order valence-electron chi connectivity index (χ4n) is 3.07. The highest BCUT2D eigenvalue weighted by Gasteiger charge is 2.38. The molecule has 3 nitrogen and oxygen atoms in total. The summed E-state index contributed by atoms with van der Waals surface area (Å²) in [4.78, 5) is 2.15. The van der Waals surface area contributed by atoms with Crippen LogP contribution >= 0.6 is 15.9 Å². The van der Waals surface area contributed by atoms with E-state index < -0.39 is 17.2 Å². The highest BCUT2D eigenvalue weighted by atomic mass is 79.9. The van der Waals surface area contributed by atoms with Gasteiger partial charge in [-0.05, 0) is 23.8 Å². The first-order valence-corrected chi connectivity index (χ1v) is 8.38. The molecular weight excluding hydrogens is 373 g/mol. The summed E-state index contributed by atoms with van der Waals surface area (Å²) in [5, 5.41) is 13.0. The number of nitrogens with one attached hydrogen (secondary N) is 1. The second-order valence-electron chi connectivity index (χ2n) is 6.57. The predicted molar refractivity (Wildman–Crippen MR) is 87.2 cm³/mol. The summed E-state index contributed by atoms with van der Waals surface area (Å²) in [6.45, 7) is 6.69. The van der Waals surface area contributed by atoms with Gasteiger partial charge in [-0.3, -0.25) is 4.90 Å². The Kier molecular flexibility index (Phi) is 5.76. The highest BCUT2D eigenvalue weighted by Crippen LogP contribution is 2.43. The standard InChI is InChI=1S/C16H22BrF3N2O/c1-15(2,10-23)14(22-7-5-21-6-8-22)12-9-11(16(18,19)20)3-4-13(12)17/h3-4,9,14,21,23H,5-8,10H2,1-2H3/t14-/m1/s1. The number of halogens is 4. The Labute approximate surface area is 143 Å². The Balaban J connectivity index is 2.50. The summed E-state index contributed by atoms with van der Waals surface area (Å²) in [6, 6.07) is 3.43. The summed E-state index contributed by atoms with van der Waals surface area (Å²) < 4.78 is 39.9. The average molecular weight is 395 g/mol. The molecular formula is C16H22BrF3N2O. The van der Waals surface area contributed by atoms with Crippen molar-refractivity contribution in [3.63, 3.8) is 0 Å². The Bertz CT molecular complexity index is 543. The minimum Gasteiger partial charge on any atom is -0.396 e. The van der Waals surface area contributed by atoms with Crippen LogP contribution in [-0.2, 0) is 6.18 Å². The number of aliphatic hydroxyl groups is 1. The number of piperazine rings is 1. The highest BCUT2D eigenvalue weighted by molar-refractivity contribution is 9.10. The van der Waals surface area contributed by atoms with E-state index in [2.05, 4.69) is 26.1 Å². The molecule has 0 amide bonds.